The molecule has 0 aliphatic carbocycles. The van der Waals surface area contributed by atoms with Crippen LogP contribution >= 0.6 is 11.3 Å². The van der Waals surface area contributed by atoms with Crippen molar-refractivity contribution in [3.05, 3.63) is 82.0 Å². The lowest BCUT2D eigenvalue weighted by Gasteiger charge is -2.41. The van der Waals surface area contributed by atoms with Crippen LogP contribution in [0.2, 0.25) is 0 Å². The van der Waals surface area contributed by atoms with E-state index in [2.05, 4.69) is 28.5 Å². The number of thiophene rings is 1. The monoisotopic (exact) mass is 519 g/mol. The van der Waals surface area contributed by atoms with E-state index < -0.39 is 0 Å². The first-order valence-electron chi connectivity index (χ1n) is 12.7. The van der Waals surface area contributed by atoms with Gasteiger partial charge in [0.2, 0.25) is 5.91 Å². The summed E-state index contributed by atoms with van der Waals surface area (Å²) in [5.41, 5.74) is 2.45. The van der Waals surface area contributed by atoms with Crippen molar-refractivity contribution in [3.63, 3.8) is 0 Å². The molecule has 0 unspecified atom stereocenters. The summed E-state index contributed by atoms with van der Waals surface area (Å²) in [5, 5.41) is 2.14. The summed E-state index contributed by atoms with van der Waals surface area (Å²) in [5.74, 6) is 1.56. The minimum Gasteiger partial charge on any atom is -0.497 e. The van der Waals surface area contributed by atoms with Crippen LogP contribution in [0.1, 0.15) is 29.0 Å². The third-order valence-corrected chi connectivity index (χ3v) is 8.24. The number of para-hydroxylation sites is 1. The average Bonchev–Trinajstić information content (AvgIpc) is 3.41. The SMILES string of the molecule is COc1ccc([C@H]2c3ccsc3CCN2CC(=O)N2CCN(C(=O)COc3ccccc3)[C@@H](C)C2)cc1. The van der Waals surface area contributed by atoms with Crippen LogP contribution in [-0.4, -0.2) is 79.0 Å². The minimum absolute atomic E-state index is 0.00257. The lowest BCUT2D eigenvalue weighted by Crippen LogP contribution is -2.57. The van der Waals surface area contributed by atoms with Crippen LogP contribution < -0.4 is 9.47 Å². The fourth-order valence-corrected chi connectivity index (χ4v) is 6.19. The number of rotatable bonds is 7. The number of fused-ring (bicyclic) bond motifs is 1. The van der Waals surface area contributed by atoms with Crippen LogP contribution in [0.3, 0.4) is 0 Å². The predicted molar refractivity (Wildman–Crippen MR) is 144 cm³/mol. The third kappa shape index (κ3) is 5.65. The lowest BCUT2D eigenvalue weighted by atomic mass is 9.93. The van der Waals surface area contributed by atoms with Crippen molar-refractivity contribution in [2.24, 2.45) is 0 Å². The molecule has 0 radical (unpaired) electrons. The van der Waals surface area contributed by atoms with Gasteiger partial charge in [-0.25, -0.2) is 0 Å². The second kappa shape index (κ2) is 11.4. The van der Waals surface area contributed by atoms with E-state index in [-0.39, 0.29) is 30.5 Å². The molecule has 37 heavy (non-hydrogen) atoms. The van der Waals surface area contributed by atoms with Crippen LogP contribution in [0.15, 0.2) is 66.0 Å². The van der Waals surface area contributed by atoms with Crippen molar-refractivity contribution >= 4 is 23.2 Å². The molecule has 5 rings (SSSR count). The molecule has 2 amide bonds. The topological polar surface area (TPSA) is 62.3 Å². The second-order valence-electron chi connectivity index (χ2n) is 9.57. The van der Waals surface area contributed by atoms with Gasteiger partial charge in [0.15, 0.2) is 6.61 Å². The van der Waals surface area contributed by atoms with Crippen molar-refractivity contribution in [3.8, 4) is 11.5 Å². The highest BCUT2D eigenvalue weighted by Gasteiger charge is 2.34. The van der Waals surface area contributed by atoms with Crippen molar-refractivity contribution in [2.45, 2.75) is 25.4 Å². The van der Waals surface area contributed by atoms with Crippen molar-refractivity contribution in [2.75, 3.05) is 46.4 Å². The lowest BCUT2D eigenvalue weighted by molar-refractivity contribution is -0.144. The number of nitrogens with zero attached hydrogens (tertiary/aromatic N) is 3. The molecule has 3 aromatic rings. The molecular weight excluding hydrogens is 486 g/mol. The Hall–Kier alpha value is -3.36. The molecule has 0 bridgehead atoms. The molecule has 1 aromatic heterocycles. The van der Waals surface area contributed by atoms with Gasteiger partial charge in [-0.05, 0) is 60.2 Å². The standard InChI is InChI=1S/C29H33N3O4S/c1-21-18-30(15-16-32(21)28(34)20-36-24-6-4-3-5-7-24)27(33)19-31-14-12-26-25(13-17-37-26)29(31)22-8-10-23(35-2)11-9-22/h3-11,13,17,21,29H,12,14-16,18-20H2,1-2H3/t21-,29-/m0/s1. The van der Waals surface area contributed by atoms with E-state index in [9.17, 15) is 9.59 Å². The van der Waals surface area contributed by atoms with E-state index in [0.717, 1.165) is 24.3 Å². The minimum atomic E-state index is -0.0632. The molecule has 1 fully saturated rings. The van der Waals surface area contributed by atoms with Crippen LogP contribution in [0.5, 0.6) is 11.5 Å². The van der Waals surface area contributed by atoms with Gasteiger partial charge in [-0.15, -0.1) is 11.3 Å². The molecule has 2 atom stereocenters. The first-order chi connectivity index (χ1) is 18.0. The van der Waals surface area contributed by atoms with Gasteiger partial charge in [-0.1, -0.05) is 30.3 Å². The predicted octanol–water partition coefficient (Wildman–Crippen LogP) is 3.84. The first kappa shape index (κ1) is 25.3. The molecule has 2 aromatic carbocycles. The van der Waals surface area contributed by atoms with Gasteiger partial charge in [0.05, 0.1) is 19.7 Å². The molecule has 8 heteroatoms. The number of amides is 2. The summed E-state index contributed by atoms with van der Waals surface area (Å²) in [7, 11) is 1.67. The smallest absolute Gasteiger partial charge is 0.260 e. The number of hydrogen-bond acceptors (Lipinski definition) is 6. The molecule has 2 aliphatic heterocycles. The van der Waals surface area contributed by atoms with Gasteiger partial charge < -0.3 is 19.3 Å². The highest BCUT2D eigenvalue weighted by atomic mass is 32.1. The van der Waals surface area contributed by atoms with E-state index in [0.29, 0.717) is 31.9 Å². The Labute approximate surface area is 222 Å². The zero-order valence-electron chi connectivity index (χ0n) is 21.3. The number of piperazine rings is 1. The quantitative estimate of drug-likeness (QED) is 0.475. The Kier molecular flexibility index (Phi) is 7.76. The number of methoxy groups -OCH3 is 1. The molecule has 0 saturated carbocycles. The van der Waals surface area contributed by atoms with Gasteiger partial charge in [0, 0.05) is 37.1 Å². The zero-order chi connectivity index (χ0) is 25.8. The van der Waals surface area contributed by atoms with Crippen LogP contribution in [0.25, 0.3) is 0 Å². The Bertz CT molecular complexity index is 1210. The van der Waals surface area contributed by atoms with Gasteiger partial charge in [0.1, 0.15) is 11.5 Å². The molecule has 2 aliphatic rings. The third-order valence-electron chi connectivity index (χ3n) is 7.24. The normalized spacial score (nSPS) is 19.8. The summed E-state index contributed by atoms with van der Waals surface area (Å²) < 4.78 is 11.0. The summed E-state index contributed by atoms with van der Waals surface area (Å²) in [6.45, 7) is 4.76. The molecule has 3 heterocycles. The van der Waals surface area contributed by atoms with E-state index in [1.807, 2.05) is 59.2 Å². The van der Waals surface area contributed by atoms with Gasteiger partial charge in [0.25, 0.3) is 5.91 Å². The highest BCUT2D eigenvalue weighted by molar-refractivity contribution is 7.10. The Morgan fingerprint density at radius 3 is 2.46 bits per heavy atom. The maximum absolute atomic E-state index is 13.5. The fraction of sp³-hybridized carbons (Fsp3) is 0.379. The highest BCUT2D eigenvalue weighted by Crippen LogP contribution is 2.38. The van der Waals surface area contributed by atoms with Crippen LogP contribution in [-0.2, 0) is 16.0 Å². The zero-order valence-corrected chi connectivity index (χ0v) is 22.2. The number of carbonyl (C=O) groups excluding carboxylic acids is 2. The van der Waals surface area contributed by atoms with Gasteiger partial charge >= 0.3 is 0 Å². The van der Waals surface area contributed by atoms with Gasteiger partial charge in [-0.2, -0.15) is 0 Å². The average molecular weight is 520 g/mol. The number of hydrogen-bond donors (Lipinski definition) is 0. The van der Waals surface area contributed by atoms with E-state index >= 15 is 0 Å². The van der Waals surface area contributed by atoms with Crippen molar-refractivity contribution in [1.82, 2.24) is 14.7 Å². The van der Waals surface area contributed by atoms with Crippen molar-refractivity contribution in [1.29, 1.82) is 0 Å². The Balaban J connectivity index is 1.21. The molecular formula is C29H33N3O4S. The second-order valence-corrected chi connectivity index (χ2v) is 10.6. The summed E-state index contributed by atoms with van der Waals surface area (Å²) in [4.78, 5) is 33.7. The molecule has 0 N–H and O–H groups in total. The molecule has 0 spiro atoms. The Morgan fingerprint density at radius 1 is 0.946 bits per heavy atom. The van der Waals surface area contributed by atoms with Crippen LogP contribution in [0, 0.1) is 0 Å². The van der Waals surface area contributed by atoms with E-state index in [1.165, 1.54) is 10.4 Å². The molecule has 1 saturated heterocycles. The maximum atomic E-state index is 13.5. The number of benzene rings is 2. The summed E-state index contributed by atoms with van der Waals surface area (Å²) >= 11 is 1.79. The molecule has 194 valence electrons. The number of carbonyl (C=O) groups is 2. The fourth-order valence-electron chi connectivity index (χ4n) is 5.29. The van der Waals surface area contributed by atoms with Crippen molar-refractivity contribution < 1.29 is 19.1 Å². The first-order valence-corrected chi connectivity index (χ1v) is 13.6. The largest absolute Gasteiger partial charge is 0.497 e. The maximum Gasteiger partial charge on any atom is 0.260 e. The number of ether oxygens (including phenoxy) is 2. The van der Waals surface area contributed by atoms with E-state index in [4.69, 9.17) is 9.47 Å². The van der Waals surface area contributed by atoms with Gasteiger partial charge in [-0.3, -0.25) is 14.5 Å². The summed E-state index contributed by atoms with van der Waals surface area (Å²) in [6.07, 6.45) is 0.951. The molecule has 7 nitrogen and oxygen atoms in total. The van der Waals surface area contributed by atoms with Crippen LogP contribution in [0.4, 0.5) is 0 Å². The Morgan fingerprint density at radius 2 is 1.73 bits per heavy atom. The van der Waals surface area contributed by atoms with E-state index in [1.54, 1.807) is 18.4 Å². The summed E-state index contributed by atoms with van der Waals surface area (Å²) in [6, 6.07) is 19.7.